The summed E-state index contributed by atoms with van der Waals surface area (Å²) in [6, 6.07) is 10.9. The first kappa shape index (κ1) is 19.8. The zero-order chi connectivity index (χ0) is 20.9. The first-order valence-electron chi connectivity index (χ1n) is 10.4. The van der Waals surface area contributed by atoms with Gasteiger partial charge in [0.25, 0.3) is 0 Å². The molecule has 2 aromatic rings. The van der Waals surface area contributed by atoms with Crippen molar-refractivity contribution in [1.82, 2.24) is 0 Å². The molecule has 4 rings (SSSR count). The van der Waals surface area contributed by atoms with Gasteiger partial charge in [-0.05, 0) is 61.9 Å². The molecule has 5 heteroatoms. The topological polar surface area (TPSA) is 58.8 Å². The number of nitrogens with two attached hydrogens (primary N) is 1. The number of likely N-dealkylation sites (N-methyl/N-ethyl adjacent to an activating group) is 1. The van der Waals surface area contributed by atoms with Crippen molar-refractivity contribution in [2.75, 3.05) is 29.9 Å². The molecule has 0 bridgehead atoms. The monoisotopic (exact) mass is 393 g/mol. The molecule has 2 aliphatic rings. The van der Waals surface area contributed by atoms with Crippen LogP contribution in [0.4, 0.5) is 11.4 Å². The average molecular weight is 394 g/mol. The van der Waals surface area contributed by atoms with Crippen molar-refractivity contribution < 1.29 is 9.53 Å². The molecule has 154 valence electrons. The summed E-state index contributed by atoms with van der Waals surface area (Å²) in [5.74, 6) is -0.286. The van der Waals surface area contributed by atoms with Gasteiger partial charge in [0.1, 0.15) is 0 Å². The molecule has 0 saturated carbocycles. The van der Waals surface area contributed by atoms with E-state index in [-0.39, 0.29) is 12.4 Å². The third kappa shape index (κ3) is 3.48. The van der Waals surface area contributed by atoms with Crippen molar-refractivity contribution in [2.45, 2.75) is 52.3 Å². The summed E-state index contributed by atoms with van der Waals surface area (Å²) in [7, 11) is 2.15. The smallest absolute Gasteiger partial charge is 0.312 e. The highest BCUT2D eigenvalue weighted by Crippen LogP contribution is 2.50. The normalized spacial score (nSPS) is 18.1. The van der Waals surface area contributed by atoms with E-state index in [2.05, 4.69) is 55.0 Å². The molecule has 0 aromatic heterocycles. The molecule has 5 nitrogen and oxygen atoms in total. The molecule has 2 N–H and O–H groups in total. The zero-order valence-corrected chi connectivity index (χ0v) is 18.1. The van der Waals surface area contributed by atoms with Gasteiger partial charge in [-0.2, -0.15) is 0 Å². The molecule has 1 atom stereocenters. The molecule has 29 heavy (non-hydrogen) atoms. The Bertz CT molecular complexity index is 947. The molecule has 2 aliphatic heterocycles. The zero-order valence-electron chi connectivity index (χ0n) is 18.1. The fourth-order valence-corrected chi connectivity index (χ4v) is 4.90. The molecule has 0 saturated heterocycles. The lowest BCUT2D eigenvalue weighted by atomic mass is 9.86. The number of ether oxygens (including phenoxy) is 1. The lowest BCUT2D eigenvalue weighted by molar-refractivity contribution is -0.155. The van der Waals surface area contributed by atoms with Crippen molar-refractivity contribution >= 4 is 17.3 Å². The van der Waals surface area contributed by atoms with E-state index in [0.29, 0.717) is 6.04 Å². The Labute approximate surface area is 173 Å². The number of anilines is 2. The number of carbonyl (C=O) groups is 1. The fourth-order valence-electron chi connectivity index (χ4n) is 4.90. The molecule has 0 fully saturated rings. The van der Waals surface area contributed by atoms with Gasteiger partial charge in [0.15, 0.2) is 5.72 Å². The second-order valence-corrected chi connectivity index (χ2v) is 8.94. The Hall–Kier alpha value is -2.53. The van der Waals surface area contributed by atoms with E-state index in [4.69, 9.17) is 10.5 Å². The van der Waals surface area contributed by atoms with Crippen LogP contribution in [0.25, 0.3) is 11.1 Å². The largest absolute Gasteiger partial charge is 0.444 e. The van der Waals surface area contributed by atoms with E-state index in [0.717, 1.165) is 36.2 Å². The van der Waals surface area contributed by atoms with Gasteiger partial charge in [-0.15, -0.1) is 0 Å². The van der Waals surface area contributed by atoms with E-state index in [9.17, 15) is 4.79 Å². The molecule has 2 aromatic carbocycles. The highest BCUT2D eigenvalue weighted by Gasteiger charge is 2.38. The predicted octanol–water partition coefficient (Wildman–Crippen LogP) is 3.64. The van der Waals surface area contributed by atoms with Gasteiger partial charge in [-0.3, -0.25) is 10.5 Å². The Morgan fingerprint density at radius 2 is 1.90 bits per heavy atom. The highest BCUT2D eigenvalue weighted by atomic mass is 16.6. The van der Waals surface area contributed by atoms with Crippen molar-refractivity contribution in [3.63, 3.8) is 0 Å². The van der Waals surface area contributed by atoms with Crippen molar-refractivity contribution in [3.05, 3.63) is 47.0 Å². The van der Waals surface area contributed by atoms with Crippen LogP contribution in [0.2, 0.25) is 0 Å². The minimum Gasteiger partial charge on any atom is -0.444 e. The van der Waals surface area contributed by atoms with Gasteiger partial charge in [-0.25, -0.2) is 0 Å². The van der Waals surface area contributed by atoms with Crippen LogP contribution in [0.3, 0.4) is 0 Å². The predicted molar refractivity (Wildman–Crippen MR) is 118 cm³/mol. The lowest BCUT2D eigenvalue weighted by Gasteiger charge is -2.39. The highest BCUT2D eigenvalue weighted by molar-refractivity contribution is 5.93. The number of benzene rings is 2. The Balaban J connectivity index is 1.94. The summed E-state index contributed by atoms with van der Waals surface area (Å²) in [5, 5.41) is 0. The maximum Gasteiger partial charge on any atom is 0.312 e. The SMILES string of the molecule is Cc1c(CC(=O)OC(C)(C)N)c(-c2ccccc2)c2c3c1N(C)CCN3C(C)C2. The summed E-state index contributed by atoms with van der Waals surface area (Å²) in [5.41, 5.74) is 13.5. The van der Waals surface area contributed by atoms with Gasteiger partial charge in [-0.1, -0.05) is 30.3 Å². The maximum absolute atomic E-state index is 12.8. The number of hydrogen-bond acceptors (Lipinski definition) is 5. The third-order valence-corrected chi connectivity index (χ3v) is 6.06. The second-order valence-electron chi connectivity index (χ2n) is 8.94. The van der Waals surface area contributed by atoms with Gasteiger partial charge in [0.05, 0.1) is 17.8 Å². The minimum absolute atomic E-state index is 0.221. The number of nitrogens with zero attached hydrogens (tertiary/aromatic N) is 2. The molecular formula is C24H31N3O2. The maximum atomic E-state index is 12.8. The summed E-state index contributed by atoms with van der Waals surface area (Å²) >= 11 is 0. The van der Waals surface area contributed by atoms with Gasteiger partial charge in [0, 0.05) is 26.2 Å². The standard InChI is InChI=1S/C24H31N3O2/c1-15-13-19-21(17-9-7-6-8-10-17)18(14-20(28)29-24(3,4)25)16(2)22-23(19)27(15)12-11-26(22)5/h6-10,15H,11-14,25H2,1-5H3. The van der Waals surface area contributed by atoms with Crippen LogP contribution in [-0.4, -0.2) is 37.9 Å². The van der Waals surface area contributed by atoms with E-state index in [1.165, 1.54) is 22.5 Å². The van der Waals surface area contributed by atoms with Crippen LogP contribution in [0.15, 0.2) is 30.3 Å². The molecule has 0 radical (unpaired) electrons. The van der Waals surface area contributed by atoms with Crippen LogP contribution in [0, 0.1) is 6.92 Å². The molecule has 0 spiro atoms. The molecule has 2 heterocycles. The van der Waals surface area contributed by atoms with Crippen LogP contribution < -0.4 is 15.5 Å². The van der Waals surface area contributed by atoms with Gasteiger partial charge < -0.3 is 14.5 Å². The summed E-state index contributed by atoms with van der Waals surface area (Å²) in [6.45, 7) is 9.87. The van der Waals surface area contributed by atoms with Crippen LogP contribution in [0.5, 0.6) is 0 Å². The lowest BCUT2D eigenvalue weighted by Crippen LogP contribution is -2.41. The van der Waals surface area contributed by atoms with Crippen LogP contribution >= 0.6 is 0 Å². The van der Waals surface area contributed by atoms with Gasteiger partial charge >= 0.3 is 5.97 Å². The third-order valence-electron chi connectivity index (χ3n) is 6.06. The van der Waals surface area contributed by atoms with Crippen molar-refractivity contribution in [1.29, 1.82) is 0 Å². The molecule has 0 aliphatic carbocycles. The van der Waals surface area contributed by atoms with E-state index < -0.39 is 5.72 Å². The minimum atomic E-state index is -0.981. The van der Waals surface area contributed by atoms with E-state index >= 15 is 0 Å². The van der Waals surface area contributed by atoms with Gasteiger partial charge in [0.2, 0.25) is 0 Å². The Morgan fingerprint density at radius 3 is 2.55 bits per heavy atom. The summed E-state index contributed by atoms with van der Waals surface area (Å²) in [6.07, 6.45) is 1.21. The molecule has 0 amide bonds. The van der Waals surface area contributed by atoms with Crippen molar-refractivity contribution in [2.24, 2.45) is 5.73 Å². The molecule has 1 unspecified atom stereocenters. The quantitative estimate of drug-likeness (QED) is 0.635. The average Bonchev–Trinajstić information content (AvgIpc) is 2.96. The van der Waals surface area contributed by atoms with Crippen molar-refractivity contribution in [3.8, 4) is 11.1 Å². The second kappa shape index (κ2) is 7.06. The van der Waals surface area contributed by atoms with E-state index in [1.54, 1.807) is 13.8 Å². The van der Waals surface area contributed by atoms with Crippen LogP contribution in [0.1, 0.15) is 37.5 Å². The Morgan fingerprint density at radius 1 is 1.21 bits per heavy atom. The summed E-state index contributed by atoms with van der Waals surface area (Å²) < 4.78 is 5.48. The molecular weight excluding hydrogens is 362 g/mol. The van der Waals surface area contributed by atoms with E-state index in [1.807, 2.05) is 6.07 Å². The number of esters is 1. The number of carbonyl (C=O) groups excluding carboxylic acids is 1. The van der Waals surface area contributed by atoms with Crippen LogP contribution in [-0.2, 0) is 22.4 Å². The first-order valence-corrected chi connectivity index (χ1v) is 10.4. The summed E-state index contributed by atoms with van der Waals surface area (Å²) in [4.78, 5) is 17.6. The Kier molecular flexibility index (Phi) is 4.82. The number of rotatable bonds is 4. The fraction of sp³-hybridized carbons (Fsp3) is 0.458. The first-order chi connectivity index (χ1) is 13.7. The number of hydrogen-bond donors (Lipinski definition) is 1.